The number of amides is 1. The number of benzene rings is 2. The van der Waals surface area contributed by atoms with Crippen LogP contribution in [-0.4, -0.2) is 37.2 Å². The van der Waals surface area contributed by atoms with Gasteiger partial charge in [-0.1, -0.05) is 0 Å². The first-order valence-electron chi connectivity index (χ1n) is 8.43. The lowest BCUT2D eigenvalue weighted by atomic mass is 10.0. The topological polar surface area (TPSA) is 41.6 Å². The van der Waals surface area contributed by atoms with Crippen LogP contribution < -0.4 is 5.32 Å². The highest BCUT2D eigenvalue weighted by Crippen LogP contribution is 2.32. The van der Waals surface area contributed by atoms with Crippen LogP contribution in [0.1, 0.15) is 12.8 Å². The van der Waals surface area contributed by atoms with E-state index in [9.17, 15) is 22.4 Å². The normalized spacial score (nSPS) is 17.1. The summed E-state index contributed by atoms with van der Waals surface area (Å²) in [5, 5.41) is 2.41. The minimum absolute atomic E-state index is 0.0195. The largest absolute Gasteiger partial charge is 0.448 e. The molecule has 4 nitrogen and oxygen atoms in total. The average Bonchev–Trinajstić information content (AvgIpc) is 3.03. The molecule has 1 N–H and O–H groups in total. The molecule has 1 aliphatic heterocycles. The Hall–Kier alpha value is -2.61. The second-order valence-corrected chi connectivity index (χ2v) is 6.44. The predicted molar refractivity (Wildman–Crippen MR) is 92.3 cm³/mol. The first kappa shape index (κ1) is 19.2. The number of carbonyl (C=O) groups is 1. The van der Waals surface area contributed by atoms with Gasteiger partial charge in [-0.15, -0.1) is 0 Å². The van der Waals surface area contributed by atoms with Crippen LogP contribution in [0.2, 0.25) is 0 Å². The van der Waals surface area contributed by atoms with Gasteiger partial charge >= 0.3 is 6.09 Å². The maximum absolute atomic E-state index is 14.1. The van der Waals surface area contributed by atoms with Gasteiger partial charge in [0, 0.05) is 23.2 Å². The maximum Gasteiger partial charge on any atom is 0.411 e. The number of rotatable bonds is 4. The van der Waals surface area contributed by atoms with E-state index >= 15 is 0 Å². The van der Waals surface area contributed by atoms with Gasteiger partial charge in [-0.25, -0.2) is 22.4 Å². The first-order valence-corrected chi connectivity index (χ1v) is 8.43. The minimum Gasteiger partial charge on any atom is -0.448 e. The fourth-order valence-electron chi connectivity index (χ4n) is 3.09. The molecule has 1 heterocycles. The molecule has 3 rings (SSSR count). The van der Waals surface area contributed by atoms with Gasteiger partial charge in [0.25, 0.3) is 0 Å². The average molecular weight is 382 g/mol. The van der Waals surface area contributed by atoms with Crippen molar-refractivity contribution in [2.45, 2.75) is 18.9 Å². The SMILES string of the molecule is CN1CCC[C@H]1COC(=O)Nc1ccc(F)cc1-c1cc(F)c(F)cc1F. The fraction of sp³-hybridized carbons (Fsp3) is 0.316. The van der Waals surface area contributed by atoms with Gasteiger partial charge in [-0.2, -0.15) is 0 Å². The number of likely N-dealkylation sites (tertiary alicyclic amines) is 1. The lowest BCUT2D eigenvalue weighted by Gasteiger charge is -2.19. The third-order valence-corrected chi connectivity index (χ3v) is 4.60. The third kappa shape index (κ3) is 4.39. The number of hydrogen-bond acceptors (Lipinski definition) is 3. The maximum atomic E-state index is 14.1. The summed E-state index contributed by atoms with van der Waals surface area (Å²) in [6.45, 7) is 1.10. The Kier molecular flexibility index (Phi) is 5.65. The highest BCUT2D eigenvalue weighted by atomic mass is 19.2. The second-order valence-electron chi connectivity index (χ2n) is 6.44. The monoisotopic (exact) mass is 382 g/mol. The Bertz CT molecular complexity index is 860. The molecule has 27 heavy (non-hydrogen) atoms. The number of likely N-dealkylation sites (N-methyl/N-ethyl adjacent to an activating group) is 1. The molecule has 8 heteroatoms. The van der Waals surface area contributed by atoms with Gasteiger partial charge in [0.15, 0.2) is 11.6 Å². The van der Waals surface area contributed by atoms with Gasteiger partial charge < -0.3 is 9.64 Å². The number of carbonyl (C=O) groups excluding carboxylic acids is 1. The molecule has 0 aromatic heterocycles. The number of halogens is 4. The van der Waals surface area contributed by atoms with E-state index in [4.69, 9.17) is 4.74 Å². The summed E-state index contributed by atoms with van der Waals surface area (Å²) in [6.07, 6.45) is 1.13. The summed E-state index contributed by atoms with van der Waals surface area (Å²) < 4.78 is 59.6. The van der Waals surface area contributed by atoms with E-state index in [1.165, 1.54) is 6.07 Å². The Morgan fingerprint density at radius 2 is 1.85 bits per heavy atom. The van der Waals surface area contributed by atoms with Crippen molar-refractivity contribution in [3.05, 3.63) is 53.6 Å². The number of hydrogen-bond donors (Lipinski definition) is 1. The Balaban J connectivity index is 1.80. The summed E-state index contributed by atoms with van der Waals surface area (Å²) in [6, 6.07) is 4.29. The van der Waals surface area contributed by atoms with E-state index in [1.54, 1.807) is 0 Å². The Labute approximate surface area is 153 Å². The molecule has 2 aromatic carbocycles. The van der Waals surface area contributed by atoms with Gasteiger partial charge in [-0.3, -0.25) is 5.32 Å². The van der Waals surface area contributed by atoms with E-state index in [1.807, 2.05) is 7.05 Å². The van der Waals surface area contributed by atoms with Crippen molar-refractivity contribution >= 4 is 11.8 Å². The lowest BCUT2D eigenvalue weighted by Crippen LogP contribution is -2.31. The van der Waals surface area contributed by atoms with Crippen LogP contribution >= 0.6 is 0 Å². The molecular weight excluding hydrogens is 364 g/mol. The summed E-state index contributed by atoms with van der Waals surface area (Å²) in [7, 11) is 1.93. The Morgan fingerprint density at radius 1 is 1.11 bits per heavy atom. The smallest absolute Gasteiger partial charge is 0.411 e. The molecule has 0 spiro atoms. The molecule has 144 valence electrons. The van der Waals surface area contributed by atoms with Crippen molar-refractivity contribution in [1.82, 2.24) is 4.90 Å². The predicted octanol–water partition coefficient (Wildman–Crippen LogP) is 4.55. The van der Waals surface area contributed by atoms with Gasteiger partial charge in [0.1, 0.15) is 18.2 Å². The number of nitrogens with one attached hydrogen (secondary N) is 1. The van der Waals surface area contributed by atoms with Crippen molar-refractivity contribution in [3.63, 3.8) is 0 Å². The Morgan fingerprint density at radius 3 is 2.56 bits per heavy atom. The van der Waals surface area contributed by atoms with E-state index in [-0.39, 0.29) is 29.5 Å². The minimum atomic E-state index is -1.36. The molecule has 1 atom stereocenters. The zero-order chi connectivity index (χ0) is 19.6. The van der Waals surface area contributed by atoms with Crippen molar-refractivity contribution in [2.75, 3.05) is 25.5 Å². The molecule has 1 saturated heterocycles. The summed E-state index contributed by atoms with van der Waals surface area (Å²) in [5.41, 5.74) is -0.480. The van der Waals surface area contributed by atoms with Crippen LogP contribution in [0, 0.1) is 23.3 Å². The third-order valence-electron chi connectivity index (χ3n) is 4.60. The van der Waals surface area contributed by atoms with Crippen molar-refractivity contribution in [1.29, 1.82) is 0 Å². The molecule has 0 radical (unpaired) electrons. The quantitative estimate of drug-likeness (QED) is 0.623. The zero-order valence-electron chi connectivity index (χ0n) is 14.6. The molecule has 0 saturated carbocycles. The standard InChI is InChI=1S/C19H18F4N2O2/c1-25-6-2-3-12(25)10-27-19(26)24-18-5-4-11(20)7-14(18)13-8-16(22)17(23)9-15(13)21/h4-5,7-9,12H,2-3,6,10H2,1H3,(H,24,26)/t12-/m0/s1. The van der Waals surface area contributed by atoms with Gasteiger partial charge in [0.2, 0.25) is 0 Å². The highest BCUT2D eigenvalue weighted by Gasteiger charge is 2.23. The first-order chi connectivity index (χ1) is 12.8. The van der Waals surface area contributed by atoms with E-state index in [0.717, 1.165) is 31.5 Å². The molecule has 0 bridgehead atoms. The van der Waals surface area contributed by atoms with Crippen molar-refractivity contribution in [2.24, 2.45) is 0 Å². The van der Waals surface area contributed by atoms with Gasteiger partial charge in [0.05, 0.1) is 5.69 Å². The summed E-state index contributed by atoms with van der Waals surface area (Å²) in [5.74, 6) is -4.44. The van der Waals surface area contributed by atoms with Crippen LogP contribution in [0.25, 0.3) is 11.1 Å². The van der Waals surface area contributed by atoms with E-state index in [0.29, 0.717) is 12.1 Å². The number of nitrogens with zero attached hydrogens (tertiary/aromatic N) is 1. The van der Waals surface area contributed by atoms with Crippen molar-refractivity contribution < 1.29 is 27.1 Å². The molecule has 1 fully saturated rings. The number of anilines is 1. The fourth-order valence-corrected chi connectivity index (χ4v) is 3.09. The number of ether oxygens (including phenoxy) is 1. The summed E-state index contributed by atoms with van der Waals surface area (Å²) >= 11 is 0. The van der Waals surface area contributed by atoms with Crippen molar-refractivity contribution in [3.8, 4) is 11.1 Å². The highest BCUT2D eigenvalue weighted by molar-refractivity contribution is 5.91. The van der Waals surface area contributed by atoms with Crippen LogP contribution in [0.3, 0.4) is 0 Å². The van der Waals surface area contributed by atoms with Crippen LogP contribution in [0.5, 0.6) is 0 Å². The van der Waals surface area contributed by atoms with Crippen LogP contribution in [-0.2, 0) is 4.74 Å². The lowest BCUT2D eigenvalue weighted by molar-refractivity contribution is 0.127. The molecule has 2 aromatic rings. The van der Waals surface area contributed by atoms with E-state index in [2.05, 4.69) is 10.2 Å². The van der Waals surface area contributed by atoms with Gasteiger partial charge in [-0.05, 0) is 50.7 Å². The van der Waals surface area contributed by atoms with Crippen LogP contribution in [0.4, 0.5) is 28.0 Å². The molecular formula is C19H18F4N2O2. The molecule has 1 aliphatic rings. The zero-order valence-corrected chi connectivity index (χ0v) is 14.6. The molecule has 0 unspecified atom stereocenters. The van der Waals surface area contributed by atoms with E-state index < -0.39 is 29.4 Å². The molecule has 1 amide bonds. The molecule has 0 aliphatic carbocycles. The summed E-state index contributed by atoms with van der Waals surface area (Å²) in [4.78, 5) is 14.2. The second kappa shape index (κ2) is 7.96. The van der Waals surface area contributed by atoms with Crippen LogP contribution in [0.15, 0.2) is 30.3 Å².